The maximum Gasteiger partial charge on any atom is 0.274 e. The van der Waals surface area contributed by atoms with Crippen molar-refractivity contribution in [1.82, 2.24) is 4.98 Å². The van der Waals surface area contributed by atoms with Crippen LogP contribution in [0.15, 0.2) is 6.07 Å². The number of carbonyl (C=O) groups is 1. The van der Waals surface area contributed by atoms with E-state index >= 15 is 0 Å². The number of ether oxygens (including phenoxy) is 2. The van der Waals surface area contributed by atoms with Gasteiger partial charge in [0.05, 0.1) is 19.8 Å². The first kappa shape index (κ1) is 12.6. The van der Waals surface area contributed by atoms with Crippen molar-refractivity contribution in [3.05, 3.63) is 17.3 Å². The van der Waals surface area contributed by atoms with Gasteiger partial charge in [0, 0.05) is 6.07 Å². The molecule has 1 aromatic rings. The average Bonchev–Trinajstić information content (AvgIpc) is 2.26. The summed E-state index contributed by atoms with van der Waals surface area (Å²) in [5.74, 6) is -0.462. The highest BCUT2D eigenvalue weighted by Gasteiger charge is 2.23. The first-order valence-electron chi connectivity index (χ1n) is 4.12. The molecule has 1 rings (SSSR count). The average molecular weight is 252 g/mol. The van der Waals surface area contributed by atoms with Crippen molar-refractivity contribution in [2.75, 3.05) is 14.2 Å². The van der Waals surface area contributed by atoms with Gasteiger partial charge in [0.2, 0.25) is 5.88 Å². The fraction of sp³-hybridized carbons (Fsp3) is 0.333. The zero-order chi connectivity index (χ0) is 12.3. The van der Waals surface area contributed by atoms with Crippen molar-refractivity contribution in [3.63, 3.8) is 0 Å². The first-order chi connectivity index (χ1) is 7.51. The number of aromatic nitrogens is 1. The Morgan fingerprint density at radius 3 is 2.44 bits per heavy atom. The maximum absolute atomic E-state index is 12.7. The summed E-state index contributed by atoms with van der Waals surface area (Å²) >= 11 is 5.21. The molecular weight excluding hydrogens is 244 g/mol. The van der Waals surface area contributed by atoms with E-state index < -0.39 is 17.2 Å². The lowest BCUT2D eigenvalue weighted by Crippen LogP contribution is -2.05. The van der Waals surface area contributed by atoms with Crippen LogP contribution < -0.4 is 9.47 Å². The van der Waals surface area contributed by atoms with Crippen LogP contribution in [0, 0.1) is 0 Å². The van der Waals surface area contributed by atoms with Crippen LogP contribution >= 0.6 is 11.6 Å². The molecular formula is C9H8ClF2NO3. The molecule has 0 saturated heterocycles. The monoisotopic (exact) mass is 251 g/mol. The fourth-order valence-electron chi connectivity index (χ4n) is 1.14. The van der Waals surface area contributed by atoms with Gasteiger partial charge in [-0.3, -0.25) is 4.79 Å². The van der Waals surface area contributed by atoms with E-state index in [9.17, 15) is 13.6 Å². The molecule has 0 bridgehead atoms. The summed E-state index contributed by atoms with van der Waals surface area (Å²) in [7, 11) is 2.39. The third-order valence-electron chi connectivity index (χ3n) is 1.81. The van der Waals surface area contributed by atoms with Crippen LogP contribution in [0.4, 0.5) is 8.78 Å². The molecule has 0 amide bonds. The number of alkyl halides is 2. The maximum atomic E-state index is 12.7. The summed E-state index contributed by atoms with van der Waals surface area (Å²) < 4.78 is 34.7. The minimum absolute atomic E-state index is 0.125. The fourth-order valence-corrected chi connectivity index (χ4v) is 1.27. The van der Waals surface area contributed by atoms with Crippen LogP contribution in [0.1, 0.15) is 22.5 Å². The molecule has 0 fully saturated rings. The molecule has 0 aliphatic carbocycles. The third kappa shape index (κ3) is 2.38. The number of carbonyl (C=O) groups excluding carboxylic acids is 1. The van der Waals surface area contributed by atoms with Crippen LogP contribution in [0.25, 0.3) is 0 Å². The summed E-state index contributed by atoms with van der Waals surface area (Å²) in [6.45, 7) is 0. The molecule has 0 aliphatic rings. The lowest BCUT2D eigenvalue weighted by atomic mass is 10.2. The van der Waals surface area contributed by atoms with Crippen molar-refractivity contribution >= 4 is 16.8 Å². The number of hydrogen-bond donors (Lipinski definition) is 0. The van der Waals surface area contributed by atoms with Crippen molar-refractivity contribution in [3.8, 4) is 11.6 Å². The van der Waals surface area contributed by atoms with Gasteiger partial charge in [0.15, 0.2) is 11.4 Å². The largest absolute Gasteiger partial charge is 0.494 e. The van der Waals surface area contributed by atoms with Crippen molar-refractivity contribution in [2.24, 2.45) is 0 Å². The Balaban J connectivity index is 3.46. The standard InChI is InChI=1S/C9H8ClF2NO3/c1-15-5-3-4(9(11)12)7(16-2)6(13-5)8(10)14/h3,9H,1-2H3. The predicted octanol–water partition coefficient (Wildman–Crippen LogP) is 2.42. The van der Waals surface area contributed by atoms with E-state index in [1.54, 1.807) is 0 Å². The molecule has 16 heavy (non-hydrogen) atoms. The Morgan fingerprint density at radius 2 is 2.06 bits per heavy atom. The van der Waals surface area contributed by atoms with Crippen LogP contribution in [-0.2, 0) is 0 Å². The quantitative estimate of drug-likeness (QED) is 0.771. The molecule has 0 aromatic carbocycles. The van der Waals surface area contributed by atoms with Gasteiger partial charge in [-0.25, -0.2) is 13.8 Å². The number of hydrogen-bond acceptors (Lipinski definition) is 4. The van der Waals surface area contributed by atoms with Crippen molar-refractivity contribution in [2.45, 2.75) is 6.43 Å². The Kier molecular flexibility index (Phi) is 4.00. The van der Waals surface area contributed by atoms with Gasteiger partial charge in [0.1, 0.15) is 0 Å². The van der Waals surface area contributed by atoms with Gasteiger partial charge in [-0.15, -0.1) is 0 Å². The molecule has 0 radical (unpaired) electrons. The Hall–Kier alpha value is -1.43. The van der Waals surface area contributed by atoms with Crippen molar-refractivity contribution in [1.29, 1.82) is 0 Å². The predicted molar refractivity (Wildman–Crippen MR) is 52.5 cm³/mol. The molecule has 88 valence electrons. The molecule has 0 N–H and O–H groups in total. The SMILES string of the molecule is COc1cc(C(F)F)c(OC)c(C(=O)Cl)n1. The van der Waals surface area contributed by atoms with Crippen LogP contribution in [-0.4, -0.2) is 24.4 Å². The molecule has 0 saturated carbocycles. The number of pyridine rings is 1. The van der Waals surface area contributed by atoms with E-state index in [1.165, 1.54) is 7.11 Å². The molecule has 0 aliphatic heterocycles. The van der Waals surface area contributed by atoms with Gasteiger partial charge in [-0.2, -0.15) is 0 Å². The van der Waals surface area contributed by atoms with Gasteiger partial charge in [-0.05, 0) is 11.6 Å². The zero-order valence-electron chi connectivity index (χ0n) is 8.46. The lowest BCUT2D eigenvalue weighted by molar-refractivity contribution is 0.107. The molecule has 0 unspecified atom stereocenters. The second-order valence-corrected chi connectivity index (χ2v) is 3.05. The number of rotatable bonds is 4. The highest BCUT2D eigenvalue weighted by molar-refractivity contribution is 6.67. The van der Waals surface area contributed by atoms with Crippen LogP contribution in [0.5, 0.6) is 11.6 Å². The molecule has 1 heterocycles. The smallest absolute Gasteiger partial charge is 0.274 e. The van der Waals surface area contributed by atoms with E-state index in [0.29, 0.717) is 0 Å². The van der Waals surface area contributed by atoms with Crippen LogP contribution in [0.2, 0.25) is 0 Å². The molecule has 0 atom stereocenters. The highest BCUT2D eigenvalue weighted by Crippen LogP contribution is 2.34. The number of methoxy groups -OCH3 is 2. The molecule has 7 heteroatoms. The minimum Gasteiger partial charge on any atom is -0.494 e. The van der Waals surface area contributed by atoms with E-state index in [0.717, 1.165) is 13.2 Å². The van der Waals surface area contributed by atoms with Crippen molar-refractivity contribution < 1.29 is 23.0 Å². The van der Waals surface area contributed by atoms with Gasteiger partial charge < -0.3 is 9.47 Å². The van der Waals surface area contributed by atoms with Gasteiger partial charge >= 0.3 is 0 Å². The number of nitrogens with zero attached hydrogens (tertiary/aromatic N) is 1. The summed E-state index contributed by atoms with van der Waals surface area (Å²) in [6, 6.07) is 0.993. The summed E-state index contributed by atoms with van der Waals surface area (Å²) in [4.78, 5) is 14.6. The minimum atomic E-state index is -2.82. The Morgan fingerprint density at radius 1 is 1.44 bits per heavy atom. The Bertz CT molecular complexity index is 412. The van der Waals surface area contributed by atoms with E-state index in [1.807, 2.05) is 0 Å². The summed E-state index contributed by atoms with van der Waals surface area (Å²) in [6.07, 6.45) is -2.82. The van der Waals surface area contributed by atoms with E-state index in [2.05, 4.69) is 9.72 Å². The third-order valence-corrected chi connectivity index (χ3v) is 1.99. The summed E-state index contributed by atoms with van der Waals surface area (Å²) in [5, 5.41) is -0.988. The van der Waals surface area contributed by atoms with Crippen LogP contribution in [0.3, 0.4) is 0 Å². The van der Waals surface area contributed by atoms with Gasteiger partial charge in [-0.1, -0.05) is 0 Å². The number of halogens is 3. The van der Waals surface area contributed by atoms with E-state index in [4.69, 9.17) is 16.3 Å². The van der Waals surface area contributed by atoms with Gasteiger partial charge in [0.25, 0.3) is 11.7 Å². The molecule has 0 spiro atoms. The second kappa shape index (κ2) is 5.07. The first-order valence-corrected chi connectivity index (χ1v) is 4.50. The topological polar surface area (TPSA) is 48.4 Å². The van der Waals surface area contributed by atoms with E-state index in [-0.39, 0.29) is 17.3 Å². The second-order valence-electron chi connectivity index (χ2n) is 2.71. The lowest BCUT2D eigenvalue weighted by Gasteiger charge is -2.11. The summed E-state index contributed by atoms with van der Waals surface area (Å²) in [5.41, 5.74) is -0.878. The zero-order valence-corrected chi connectivity index (χ0v) is 9.22. The normalized spacial score (nSPS) is 10.4. The highest BCUT2D eigenvalue weighted by atomic mass is 35.5. The Labute approximate surface area is 95.1 Å². The molecule has 4 nitrogen and oxygen atoms in total. The molecule has 1 aromatic heterocycles.